The summed E-state index contributed by atoms with van der Waals surface area (Å²) in [5.41, 5.74) is 6.59. The molecule has 0 aliphatic carbocycles. The van der Waals surface area contributed by atoms with Gasteiger partial charge in [0.25, 0.3) is 10.0 Å². The van der Waals surface area contributed by atoms with Crippen LogP contribution in [-0.2, 0) is 10.0 Å². The first kappa shape index (κ1) is 15.1. The average Bonchev–Trinajstić information content (AvgIpc) is 2.37. The second kappa shape index (κ2) is 5.61. The SMILES string of the molecule is CN(C)c1ccccc1NS(=O)(=O)c1ccc(F)cc1N. The van der Waals surface area contributed by atoms with E-state index in [2.05, 4.69) is 4.72 Å². The van der Waals surface area contributed by atoms with Gasteiger partial charge in [-0.25, -0.2) is 12.8 Å². The summed E-state index contributed by atoms with van der Waals surface area (Å²) < 4.78 is 40.3. The lowest BCUT2D eigenvalue weighted by Crippen LogP contribution is -2.18. The third-order valence-corrected chi connectivity index (χ3v) is 4.33. The first-order chi connectivity index (χ1) is 9.81. The van der Waals surface area contributed by atoms with Crippen LogP contribution >= 0.6 is 0 Å². The number of anilines is 3. The van der Waals surface area contributed by atoms with E-state index in [9.17, 15) is 12.8 Å². The lowest BCUT2D eigenvalue weighted by atomic mass is 10.2. The fourth-order valence-electron chi connectivity index (χ4n) is 1.91. The van der Waals surface area contributed by atoms with E-state index in [-0.39, 0.29) is 10.6 Å². The maximum Gasteiger partial charge on any atom is 0.264 e. The molecule has 0 aliphatic heterocycles. The molecule has 0 saturated carbocycles. The highest BCUT2D eigenvalue weighted by molar-refractivity contribution is 7.92. The highest BCUT2D eigenvalue weighted by atomic mass is 32.2. The summed E-state index contributed by atoms with van der Waals surface area (Å²) in [7, 11) is -0.275. The summed E-state index contributed by atoms with van der Waals surface area (Å²) in [6.07, 6.45) is 0. The second-order valence-corrected chi connectivity index (χ2v) is 6.35. The summed E-state index contributed by atoms with van der Waals surface area (Å²) in [6, 6.07) is 10.1. The van der Waals surface area contributed by atoms with Crippen LogP contribution in [0.1, 0.15) is 0 Å². The molecule has 7 heteroatoms. The monoisotopic (exact) mass is 309 g/mol. The van der Waals surface area contributed by atoms with Crippen LogP contribution < -0.4 is 15.4 Å². The Morgan fingerprint density at radius 1 is 1.14 bits per heavy atom. The Morgan fingerprint density at radius 2 is 1.81 bits per heavy atom. The molecule has 0 heterocycles. The van der Waals surface area contributed by atoms with Gasteiger partial charge in [0.2, 0.25) is 0 Å². The normalized spacial score (nSPS) is 11.2. The fourth-order valence-corrected chi connectivity index (χ4v) is 3.10. The van der Waals surface area contributed by atoms with Crippen molar-refractivity contribution in [2.24, 2.45) is 0 Å². The van der Waals surface area contributed by atoms with Crippen molar-refractivity contribution in [3.05, 3.63) is 48.3 Å². The molecular formula is C14H16FN3O2S. The highest BCUT2D eigenvalue weighted by Crippen LogP contribution is 2.28. The van der Waals surface area contributed by atoms with Gasteiger partial charge in [-0.2, -0.15) is 0 Å². The predicted molar refractivity (Wildman–Crippen MR) is 82.4 cm³/mol. The number of halogens is 1. The molecule has 0 spiro atoms. The van der Waals surface area contributed by atoms with Crippen molar-refractivity contribution < 1.29 is 12.8 Å². The zero-order valence-corrected chi connectivity index (χ0v) is 12.5. The van der Waals surface area contributed by atoms with Crippen molar-refractivity contribution in [1.29, 1.82) is 0 Å². The number of nitrogens with one attached hydrogen (secondary N) is 1. The van der Waals surface area contributed by atoms with Gasteiger partial charge in [-0.3, -0.25) is 4.72 Å². The Balaban J connectivity index is 2.43. The van der Waals surface area contributed by atoms with E-state index < -0.39 is 15.8 Å². The Hall–Kier alpha value is -2.28. The van der Waals surface area contributed by atoms with Crippen molar-refractivity contribution in [3.63, 3.8) is 0 Å². The summed E-state index contributed by atoms with van der Waals surface area (Å²) in [5, 5.41) is 0. The van der Waals surface area contributed by atoms with Crippen LogP contribution in [0, 0.1) is 5.82 Å². The summed E-state index contributed by atoms with van der Waals surface area (Å²) in [5.74, 6) is -0.583. The highest BCUT2D eigenvalue weighted by Gasteiger charge is 2.19. The topological polar surface area (TPSA) is 75.4 Å². The van der Waals surface area contributed by atoms with Gasteiger partial charge in [-0.15, -0.1) is 0 Å². The van der Waals surface area contributed by atoms with Crippen LogP contribution in [0.4, 0.5) is 21.5 Å². The Morgan fingerprint density at radius 3 is 2.43 bits per heavy atom. The maximum absolute atomic E-state index is 13.0. The molecule has 0 amide bonds. The number of sulfonamides is 1. The minimum atomic E-state index is -3.89. The molecule has 0 radical (unpaired) electrons. The number of hydrogen-bond acceptors (Lipinski definition) is 4. The second-order valence-electron chi connectivity index (χ2n) is 4.70. The van der Waals surface area contributed by atoms with Crippen molar-refractivity contribution in [2.75, 3.05) is 29.5 Å². The number of benzene rings is 2. The minimum Gasteiger partial charge on any atom is -0.398 e. The van der Waals surface area contributed by atoms with Crippen molar-refractivity contribution >= 4 is 27.1 Å². The van der Waals surface area contributed by atoms with Gasteiger partial charge in [0.1, 0.15) is 10.7 Å². The molecule has 112 valence electrons. The van der Waals surface area contributed by atoms with Gasteiger partial charge < -0.3 is 10.6 Å². The van der Waals surface area contributed by atoms with Crippen molar-refractivity contribution in [2.45, 2.75) is 4.90 Å². The zero-order chi connectivity index (χ0) is 15.6. The van der Waals surface area contributed by atoms with E-state index in [0.717, 1.165) is 18.2 Å². The summed E-state index contributed by atoms with van der Waals surface area (Å²) >= 11 is 0. The Bertz CT molecular complexity index is 761. The molecule has 0 unspecified atom stereocenters. The first-order valence-corrected chi connectivity index (χ1v) is 7.64. The van der Waals surface area contributed by atoms with E-state index in [1.54, 1.807) is 43.3 Å². The molecule has 3 N–H and O–H groups in total. The molecular weight excluding hydrogens is 293 g/mol. The quantitative estimate of drug-likeness (QED) is 0.850. The Kier molecular flexibility index (Phi) is 4.04. The van der Waals surface area contributed by atoms with E-state index >= 15 is 0 Å². The number of hydrogen-bond donors (Lipinski definition) is 2. The molecule has 21 heavy (non-hydrogen) atoms. The van der Waals surface area contributed by atoms with Crippen molar-refractivity contribution in [3.8, 4) is 0 Å². The smallest absolute Gasteiger partial charge is 0.264 e. The number of nitrogen functional groups attached to an aromatic ring is 1. The van der Waals surface area contributed by atoms with Gasteiger partial charge >= 0.3 is 0 Å². The molecule has 2 aromatic carbocycles. The molecule has 5 nitrogen and oxygen atoms in total. The number of para-hydroxylation sites is 2. The van der Waals surface area contributed by atoms with Crippen LogP contribution in [0.25, 0.3) is 0 Å². The van der Waals surface area contributed by atoms with E-state index in [1.165, 1.54) is 0 Å². The van der Waals surface area contributed by atoms with Crippen LogP contribution in [0.15, 0.2) is 47.4 Å². The van der Waals surface area contributed by atoms with Gasteiger partial charge in [0.05, 0.1) is 17.1 Å². The third-order valence-electron chi connectivity index (χ3n) is 2.89. The van der Waals surface area contributed by atoms with Crippen LogP contribution in [0.5, 0.6) is 0 Å². The molecule has 0 fully saturated rings. The minimum absolute atomic E-state index is 0.134. The fraction of sp³-hybridized carbons (Fsp3) is 0.143. The number of nitrogens with zero attached hydrogens (tertiary/aromatic N) is 1. The van der Waals surface area contributed by atoms with E-state index in [1.807, 2.05) is 0 Å². The average molecular weight is 309 g/mol. The summed E-state index contributed by atoms with van der Waals surface area (Å²) in [6.45, 7) is 0. The van der Waals surface area contributed by atoms with Gasteiger partial charge in [-0.1, -0.05) is 12.1 Å². The largest absolute Gasteiger partial charge is 0.398 e. The number of rotatable bonds is 4. The van der Waals surface area contributed by atoms with Gasteiger partial charge in [-0.05, 0) is 30.3 Å². The first-order valence-electron chi connectivity index (χ1n) is 6.15. The predicted octanol–water partition coefficient (Wildman–Crippen LogP) is 2.27. The molecule has 0 saturated heterocycles. The Labute approximate surface area is 123 Å². The molecule has 2 aromatic rings. The molecule has 0 bridgehead atoms. The standard InChI is InChI=1S/C14H16FN3O2S/c1-18(2)13-6-4-3-5-12(13)17-21(19,20)14-8-7-10(15)9-11(14)16/h3-9,17H,16H2,1-2H3. The van der Waals surface area contributed by atoms with E-state index in [4.69, 9.17) is 5.73 Å². The maximum atomic E-state index is 13.0. The lowest BCUT2D eigenvalue weighted by molar-refractivity contribution is 0.600. The molecule has 2 rings (SSSR count). The van der Waals surface area contributed by atoms with Crippen LogP contribution in [0.2, 0.25) is 0 Å². The van der Waals surface area contributed by atoms with Crippen LogP contribution in [0.3, 0.4) is 0 Å². The molecule has 0 atom stereocenters. The van der Waals surface area contributed by atoms with E-state index in [0.29, 0.717) is 11.4 Å². The van der Waals surface area contributed by atoms with Gasteiger partial charge in [0, 0.05) is 14.1 Å². The van der Waals surface area contributed by atoms with Crippen LogP contribution in [-0.4, -0.2) is 22.5 Å². The van der Waals surface area contributed by atoms with Crippen molar-refractivity contribution in [1.82, 2.24) is 0 Å². The molecule has 0 aromatic heterocycles. The molecule has 0 aliphatic rings. The zero-order valence-electron chi connectivity index (χ0n) is 11.7. The van der Waals surface area contributed by atoms with Gasteiger partial charge in [0.15, 0.2) is 0 Å². The lowest BCUT2D eigenvalue weighted by Gasteiger charge is -2.18. The third kappa shape index (κ3) is 3.25. The summed E-state index contributed by atoms with van der Waals surface area (Å²) in [4.78, 5) is 1.63. The number of nitrogens with two attached hydrogens (primary N) is 1.